The number of benzene rings is 3. The molecule has 0 spiro atoms. The molecule has 0 saturated carbocycles. The fourth-order valence-electron chi connectivity index (χ4n) is 4.95. The molecule has 3 aromatic rings. The fraction of sp³-hybridized carbons (Fsp3) is 0.357. The number of rotatable bonds is 6. The Morgan fingerprint density at radius 3 is 2.35 bits per heavy atom. The summed E-state index contributed by atoms with van der Waals surface area (Å²) in [6, 6.07) is 26.1. The minimum Gasteiger partial charge on any atom is -0.493 e. The third kappa shape index (κ3) is 4.47. The highest BCUT2D eigenvalue weighted by Gasteiger charge is 2.33. The van der Waals surface area contributed by atoms with Gasteiger partial charge in [-0.3, -0.25) is 4.90 Å². The lowest BCUT2D eigenvalue weighted by Crippen LogP contribution is -2.25. The Balaban J connectivity index is 1.37. The lowest BCUT2D eigenvalue weighted by Gasteiger charge is -2.34. The van der Waals surface area contributed by atoms with Crippen LogP contribution in [0.5, 0.6) is 11.5 Å². The van der Waals surface area contributed by atoms with Gasteiger partial charge in [0.25, 0.3) is 0 Å². The second kappa shape index (κ2) is 9.15. The summed E-state index contributed by atoms with van der Waals surface area (Å²) in [6.07, 6.45) is 2.65. The van der Waals surface area contributed by atoms with Gasteiger partial charge in [-0.1, -0.05) is 60.2 Å². The van der Waals surface area contributed by atoms with E-state index in [0.717, 1.165) is 24.7 Å². The highest BCUT2D eigenvalue weighted by Crippen LogP contribution is 2.46. The van der Waals surface area contributed by atoms with E-state index >= 15 is 0 Å². The zero-order valence-electron chi connectivity index (χ0n) is 18.3. The number of fused-ring (bicyclic) bond motifs is 1. The van der Waals surface area contributed by atoms with Crippen molar-refractivity contribution in [2.75, 3.05) is 32.8 Å². The fourth-order valence-corrected chi connectivity index (χ4v) is 4.95. The highest BCUT2D eigenvalue weighted by atomic mass is 16.5. The molecule has 1 fully saturated rings. The van der Waals surface area contributed by atoms with Crippen LogP contribution in [0, 0.1) is 6.92 Å². The van der Waals surface area contributed by atoms with E-state index in [1.807, 2.05) is 0 Å². The van der Waals surface area contributed by atoms with Crippen molar-refractivity contribution in [1.29, 1.82) is 0 Å². The van der Waals surface area contributed by atoms with Gasteiger partial charge in [-0.25, -0.2) is 0 Å². The van der Waals surface area contributed by atoms with Gasteiger partial charge in [-0.15, -0.1) is 0 Å². The van der Waals surface area contributed by atoms with Crippen LogP contribution < -0.4 is 9.47 Å². The molecule has 0 N–H and O–H groups in total. The van der Waals surface area contributed by atoms with Crippen LogP contribution in [0.25, 0.3) is 0 Å². The minimum atomic E-state index is 0.270. The predicted octanol–water partition coefficient (Wildman–Crippen LogP) is 5.78. The average molecular weight is 414 g/mol. The first-order valence-corrected chi connectivity index (χ1v) is 11.5. The molecule has 2 aliphatic heterocycles. The van der Waals surface area contributed by atoms with Crippen LogP contribution in [0.4, 0.5) is 0 Å². The van der Waals surface area contributed by atoms with Crippen LogP contribution >= 0.6 is 0 Å². The summed E-state index contributed by atoms with van der Waals surface area (Å²) < 4.78 is 12.2. The SMILES string of the molecule is Cc1ccc(C2COc3ccccc3C2c2ccc(OCCN3CCCC3)cc2)cc1. The second-order valence-corrected chi connectivity index (χ2v) is 8.81. The maximum atomic E-state index is 6.17. The Morgan fingerprint density at radius 2 is 1.58 bits per heavy atom. The lowest BCUT2D eigenvalue weighted by molar-refractivity contribution is 0.237. The smallest absolute Gasteiger partial charge is 0.123 e. The molecule has 2 heterocycles. The van der Waals surface area contributed by atoms with Crippen molar-refractivity contribution in [3.8, 4) is 11.5 Å². The number of hydrogen-bond donors (Lipinski definition) is 0. The Hall–Kier alpha value is -2.78. The van der Waals surface area contributed by atoms with Gasteiger partial charge < -0.3 is 9.47 Å². The highest BCUT2D eigenvalue weighted by molar-refractivity contribution is 5.48. The molecule has 0 bridgehead atoms. The van der Waals surface area contributed by atoms with Crippen molar-refractivity contribution in [2.24, 2.45) is 0 Å². The standard InChI is InChI=1S/C28H31NO2/c1-21-8-10-22(11-9-21)26-20-31-27-7-3-2-6-25(27)28(26)23-12-14-24(15-13-23)30-19-18-29-16-4-5-17-29/h2-3,6-15,26,28H,4-5,16-20H2,1H3. The van der Waals surface area contributed by atoms with E-state index < -0.39 is 0 Å². The summed E-state index contributed by atoms with van der Waals surface area (Å²) in [7, 11) is 0. The molecule has 0 aromatic heterocycles. The molecule has 3 nitrogen and oxygen atoms in total. The molecule has 1 saturated heterocycles. The summed E-state index contributed by atoms with van der Waals surface area (Å²) in [6.45, 7) is 7.03. The van der Waals surface area contributed by atoms with Gasteiger partial charge in [0.1, 0.15) is 18.1 Å². The first-order chi connectivity index (χ1) is 15.3. The van der Waals surface area contributed by atoms with Gasteiger partial charge in [0.05, 0.1) is 6.61 Å². The summed E-state index contributed by atoms with van der Waals surface area (Å²) in [5.41, 5.74) is 5.19. The number of aryl methyl sites for hydroxylation is 1. The van der Waals surface area contributed by atoms with Crippen LogP contribution in [0.2, 0.25) is 0 Å². The Morgan fingerprint density at radius 1 is 0.871 bits per heavy atom. The van der Waals surface area contributed by atoms with E-state index in [9.17, 15) is 0 Å². The second-order valence-electron chi connectivity index (χ2n) is 8.81. The third-order valence-electron chi connectivity index (χ3n) is 6.69. The molecule has 0 radical (unpaired) electrons. The van der Waals surface area contributed by atoms with Crippen molar-refractivity contribution in [3.05, 3.63) is 95.1 Å². The average Bonchev–Trinajstić information content (AvgIpc) is 3.33. The number of hydrogen-bond acceptors (Lipinski definition) is 3. The summed E-state index contributed by atoms with van der Waals surface area (Å²) >= 11 is 0. The molecule has 31 heavy (non-hydrogen) atoms. The maximum Gasteiger partial charge on any atom is 0.123 e. The first kappa shape index (κ1) is 20.1. The number of likely N-dealkylation sites (tertiary alicyclic amines) is 1. The van der Waals surface area contributed by atoms with E-state index in [4.69, 9.17) is 9.47 Å². The van der Waals surface area contributed by atoms with Gasteiger partial charge >= 0.3 is 0 Å². The molecule has 2 unspecified atom stereocenters. The molecule has 0 amide bonds. The summed E-state index contributed by atoms with van der Waals surface area (Å²) in [5, 5.41) is 0. The number of para-hydroxylation sites is 1. The third-order valence-corrected chi connectivity index (χ3v) is 6.69. The van der Waals surface area contributed by atoms with E-state index in [-0.39, 0.29) is 11.8 Å². The molecular weight excluding hydrogens is 382 g/mol. The molecule has 3 aromatic carbocycles. The van der Waals surface area contributed by atoms with Gasteiger partial charge in [-0.2, -0.15) is 0 Å². The van der Waals surface area contributed by atoms with Crippen LogP contribution in [-0.4, -0.2) is 37.7 Å². The van der Waals surface area contributed by atoms with Crippen molar-refractivity contribution in [2.45, 2.75) is 31.6 Å². The molecule has 5 rings (SSSR count). The Kier molecular flexibility index (Phi) is 5.95. The van der Waals surface area contributed by atoms with Crippen molar-refractivity contribution < 1.29 is 9.47 Å². The van der Waals surface area contributed by atoms with Crippen molar-refractivity contribution in [3.63, 3.8) is 0 Å². The van der Waals surface area contributed by atoms with Crippen molar-refractivity contribution >= 4 is 0 Å². The van der Waals surface area contributed by atoms with E-state index in [1.54, 1.807) is 0 Å². The summed E-state index contributed by atoms with van der Waals surface area (Å²) in [5.74, 6) is 2.51. The van der Waals surface area contributed by atoms with Crippen LogP contribution in [0.1, 0.15) is 46.9 Å². The van der Waals surface area contributed by atoms with Gasteiger partial charge in [0.2, 0.25) is 0 Å². The molecule has 2 aliphatic rings. The number of nitrogens with zero attached hydrogens (tertiary/aromatic N) is 1. The predicted molar refractivity (Wildman–Crippen MR) is 125 cm³/mol. The van der Waals surface area contributed by atoms with Crippen molar-refractivity contribution in [1.82, 2.24) is 4.90 Å². The molecule has 2 atom stereocenters. The van der Waals surface area contributed by atoms with Crippen LogP contribution in [0.3, 0.4) is 0 Å². The topological polar surface area (TPSA) is 21.7 Å². The van der Waals surface area contributed by atoms with E-state index in [2.05, 4.69) is 84.6 Å². The van der Waals surface area contributed by atoms with Crippen LogP contribution in [-0.2, 0) is 0 Å². The van der Waals surface area contributed by atoms with Gasteiger partial charge in [0, 0.05) is 23.9 Å². The van der Waals surface area contributed by atoms with E-state index in [0.29, 0.717) is 6.61 Å². The zero-order chi connectivity index (χ0) is 21.0. The van der Waals surface area contributed by atoms with Gasteiger partial charge in [0.15, 0.2) is 0 Å². The molecule has 160 valence electrons. The molecule has 3 heteroatoms. The maximum absolute atomic E-state index is 6.17. The lowest BCUT2D eigenvalue weighted by atomic mass is 9.76. The largest absolute Gasteiger partial charge is 0.493 e. The van der Waals surface area contributed by atoms with E-state index in [1.165, 1.54) is 48.2 Å². The van der Waals surface area contributed by atoms with Crippen LogP contribution in [0.15, 0.2) is 72.8 Å². The Labute approximate surface area is 185 Å². The number of ether oxygens (including phenoxy) is 2. The Bertz CT molecular complexity index is 990. The molecule has 0 aliphatic carbocycles. The minimum absolute atomic E-state index is 0.270. The van der Waals surface area contributed by atoms with Gasteiger partial charge in [-0.05, 0) is 62.2 Å². The quantitative estimate of drug-likeness (QED) is 0.511. The summed E-state index contributed by atoms with van der Waals surface area (Å²) in [4.78, 5) is 2.49. The molecular formula is C28H31NO2. The monoisotopic (exact) mass is 413 g/mol. The normalized spacial score (nSPS) is 20.8. The first-order valence-electron chi connectivity index (χ1n) is 11.5. The zero-order valence-corrected chi connectivity index (χ0v) is 18.3.